The molecule has 0 aromatic heterocycles. The number of carbonyl (C=O) groups excluding carboxylic acids is 1. The summed E-state index contributed by atoms with van der Waals surface area (Å²) in [7, 11) is 0. The van der Waals surface area contributed by atoms with Gasteiger partial charge >= 0.3 is 0 Å². The average molecular weight is 307 g/mol. The molecular weight excluding hydrogens is 278 g/mol. The topological polar surface area (TPSA) is 60.2 Å². The van der Waals surface area contributed by atoms with Crippen LogP contribution in [-0.4, -0.2) is 17.3 Å². The van der Waals surface area contributed by atoms with E-state index in [1.807, 2.05) is 18.2 Å². The minimum absolute atomic E-state index is 0.227. The zero-order chi connectivity index (χ0) is 16.5. The quantitative estimate of drug-likeness (QED) is 0.149. The van der Waals surface area contributed by atoms with Gasteiger partial charge in [0.25, 0.3) is 0 Å². The molecule has 0 N–H and O–H groups in total. The van der Waals surface area contributed by atoms with Gasteiger partial charge in [0.05, 0.1) is 0 Å². The average Bonchev–Trinajstić information content (AvgIpc) is 2.50. The molecule has 0 aliphatic heterocycles. The molecule has 0 spiro atoms. The van der Waals surface area contributed by atoms with Gasteiger partial charge in [-0.3, -0.25) is 10.1 Å². The molecule has 0 heterocycles. The lowest BCUT2D eigenvalue weighted by atomic mass is 10.1. The summed E-state index contributed by atoms with van der Waals surface area (Å²) in [5, 5.41) is 10.9. The van der Waals surface area contributed by atoms with Gasteiger partial charge < -0.3 is 4.79 Å². The highest BCUT2D eigenvalue weighted by Gasteiger charge is 2.12. The molecule has 0 saturated heterocycles. The molecule has 0 saturated carbocycles. The Bertz CT molecular complexity index is 373. The predicted molar refractivity (Wildman–Crippen MR) is 91.5 cm³/mol. The fourth-order valence-corrected chi connectivity index (χ4v) is 1.92. The van der Waals surface area contributed by atoms with E-state index in [9.17, 15) is 14.9 Å². The van der Waals surface area contributed by atoms with Crippen LogP contribution in [0.4, 0.5) is 0 Å². The first-order valence-corrected chi connectivity index (χ1v) is 8.26. The highest BCUT2D eigenvalue weighted by Crippen LogP contribution is 2.05. The smallest absolute Gasteiger partial charge is 0.234 e. The fourth-order valence-electron chi connectivity index (χ4n) is 1.92. The normalized spacial score (nSPS) is 13.3. The lowest BCUT2D eigenvalue weighted by Crippen LogP contribution is -2.15. The molecule has 0 aromatic rings. The van der Waals surface area contributed by atoms with Crippen molar-refractivity contribution in [3.05, 3.63) is 46.6 Å². The van der Waals surface area contributed by atoms with E-state index in [2.05, 4.69) is 19.1 Å². The van der Waals surface area contributed by atoms with Crippen LogP contribution < -0.4 is 0 Å². The van der Waals surface area contributed by atoms with Gasteiger partial charge in [-0.1, -0.05) is 50.1 Å². The number of allylic oxidation sites excluding steroid dienone is 4. The maximum absolute atomic E-state index is 10.9. The summed E-state index contributed by atoms with van der Waals surface area (Å²) in [5.41, 5.74) is 0. The Hall–Kier alpha value is -1.71. The molecular formula is C18H29NO3. The second kappa shape index (κ2) is 15.7. The highest BCUT2D eigenvalue weighted by atomic mass is 16.6. The van der Waals surface area contributed by atoms with E-state index in [0.717, 1.165) is 51.2 Å². The number of nitrogens with zero attached hydrogens (tertiary/aromatic N) is 1. The molecule has 0 rings (SSSR count). The minimum Gasteiger partial charge on any atom is -0.303 e. The van der Waals surface area contributed by atoms with E-state index in [1.54, 1.807) is 6.08 Å². The van der Waals surface area contributed by atoms with Crippen LogP contribution in [0.1, 0.15) is 64.7 Å². The first-order chi connectivity index (χ1) is 10.7. The Morgan fingerprint density at radius 3 is 2.32 bits per heavy atom. The van der Waals surface area contributed by atoms with Gasteiger partial charge in [-0.25, -0.2) is 0 Å². The van der Waals surface area contributed by atoms with Gasteiger partial charge in [0.1, 0.15) is 6.29 Å². The second-order valence-corrected chi connectivity index (χ2v) is 5.29. The lowest BCUT2D eigenvalue weighted by molar-refractivity contribution is -0.508. The Morgan fingerprint density at radius 2 is 1.64 bits per heavy atom. The maximum Gasteiger partial charge on any atom is 0.234 e. The third-order valence-electron chi connectivity index (χ3n) is 3.28. The molecule has 0 aromatic carbocycles. The van der Waals surface area contributed by atoms with Crippen molar-refractivity contribution in [1.29, 1.82) is 0 Å². The molecule has 0 aliphatic rings. The zero-order valence-corrected chi connectivity index (χ0v) is 13.7. The number of nitro groups is 1. The highest BCUT2D eigenvalue weighted by molar-refractivity contribution is 5.48. The van der Waals surface area contributed by atoms with Crippen LogP contribution in [0.3, 0.4) is 0 Å². The van der Waals surface area contributed by atoms with Crippen molar-refractivity contribution in [2.24, 2.45) is 0 Å². The predicted octanol–water partition coefficient (Wildman–Crippen LogP) is 5.03. The molecule has 0 radical (unpaired) electrons. The van der Waals surface area contributed by atoms with E-state index in [-0.39, 0.29) is 4.92 Å². The maximum atomic E-state index is 10.9. The van der Waals surface area contributed by atoms with Crippen LogP contribution >= 0.6 is 0 Å². The number of hydrogen-bond donors (Lipinski definition) is 0. The standard InChI is InChI=1S/C18H29NO3/c1-2-3-4-12-15-18(19(21)22)16-13-10-8-6-5-7-9-11-14-17-20/h5-6,10,12-13,15,17-18H,2-4,7-9,11,14,16H2,1H3/b6-5+,13-10+,15-12+. The Kier molecular flexibility index (Phi) is 14.5. The zero-order valence-electron chi connectivity index (χ0n) is 13.7. The molecule has 1 atom stereocenters. The van der Waals surface area contributed by atoms with Crippen LogP contribution in [0.2, 0.25) is 0 Å². The number of aldehydes is 1. The summed E-state index contributed by atoms with van der Waals surface area (Å²) in [5.74, 6) is 0. The van der Waals surface area contributed by atoms with Crippen LogP contribution in [-0.2, 0) is 4.79 Å². The van der Waals surface area contributed by atoms with E-state index in [0.29, 0.717) is 12.8 Å². The largest absolute Gasteiger partial charge is 0.303 e. The van der Waals surface area contributed by atoms with Crippen molar-refractivity contribution < 1.29 is 9.72 Å². The van der Waals surface area contributed by atoms with Crippen LogP contribution in [0.25, 0.3) is 0 Å². The van der Waals surface area contributed by atoms with Gasteiger partial charge in [0.15, 0.2) is 0 Å². The fraction of sp³-hybridized carbons (Fsp3) is 0.611. The van der Waals surface area contributed by atoms with E-state index < -0.39 is 6.04 Å². The van der Waals surface area contributed by atoms with Gasteiger partial charge in [-0.15, -0.1) is 0 Å². The minimum atomic E-state index is -0.611. The summed E-state index contributed by atoms with van der Waals surface area (Å²) in [6.07, 6.45) is 20.6. The van der Waals surface area contributed by atoms with E-state index in [4.69, 9.17) is 0 Å². The lowest BCUT2D eigenvalue weighted by Gasteiger charge is -2.00. The SMILES string of the molecule is CCCC/C=C/C(C/C=C/C/C=C/CCCCC=O)[N+](=O)[O-]. The van der Waals surface area contributed by atoms with Crippen molar-refractivity contribution in [1.82, 2.24) is 0 Å². The molecule has 0 bridgehead atoms. The number of carbonyl (C=O) groups is 1. The van der Waals surface area contributed by atoms with Crippen molar-refractivity contribution in [3.8, 4) is 0 Å². The van der Waals surface area contributed by atoms with Crippen LogP contribution in [0.15, 0.2) is 36.5 Å². The third kappa shape index (κ3) is 13.3. The van der Waals surface area contributed by atoms with Crippen LogP contribution in [0.5, 0.6) is 0 Å². The molecule has 4 nitrogen and oxygen atoms in total. The summed E-state index contributed by atoms with van der Waals surface area (Å²) >= 11 is 0. The van der Waals surface area contributed by atoms with Gasteiger partial charge in [0.2, 0.25) is 6.04 Å². The molecule has 4 heteroatoms. The first kappa shape index (κ1) is 20.3. The number of hydrogen-bond acceptors (Lipinski definition) is 3. The van der Waals surface area contributed by atoms with Crippen molar-refractivity contribution in [2.45, 2.75) is 70.8 Å². The number of unbranched alkanes of at least 4 members (excludes halogenated alkanes) is 5. The summed E-state index contributed by atoms with van der Waals surface area (Å²) < 4.78 is 0. The monoisotopic (exact) mass is 307 g/mol. The van der Waals surface area contributed by atoms with Crippen molar-refractivity contribution >= 4 is 6.29 Å². The van der Waals surface area contributed by atoms with Crippen molar-refractivity contribution in [3.63, 3.8) is 0 Å². The Balaban J connectivity index is 3.85. The van der Waals surface area contributed by atoms with E-state index >= 15 is 0 Å². The van der Waals surface area contributed by atoms with Gasteiger partial charge in [-0.05, 0) is 38.2 Å². The van der Waals surface area contributed by atoms with E-state index in [1.165, 1.54) is 0 Å². The Morgan fingerprint density at radius 1 is 0.955 bits per heavy atom. The summed E-state index contributed by atoms with van der Waals surface area (Å²) in [6.45, 7) is 2.11. The first-order valence-electron chi connectivity index (χ1n) is 8.26. The molecule has 0 amide bonds. The third-order valence-corrected chi connectivity index (χ3v) is 3.28. The molecule has 124 valence electrons. The van der Waals surface area contributed by atoms with Crippen molar-refractivity contribution in [2.75, 3.05) is 0 Å². The molecule has 1 unspecified atom stereocenters. The Labute approximate surface area is 134 Å². The summed E-state index contributed by atoms with van der Waals surface area (Å²) in [6, 6.07) is -0.611. The second-order valence-electron chi connectivity index (χ2n) is 5.29. The summed E-state index contributed by atoms with van der Waals surface area (Å²) in [4.78, 5) is 20.8. The molecule has 0 fully saturated rings. The molecule has 0 aliphatic carbocycles. The molecule has 22 heavy (non-hydrogen) atoms. The van der Waals surface area contributed by atoms with Gasteiger partial charge in [0, 0.05) is 17.8 Å². The van der Waals surface area contributed by atoms with Gasteiger partial charge in [-0.2, -0.15) is 0 Å². The number of rotatable bonds is 14. The van der Waals surface area contributed by atoms with Crippen LogP contribution in [0, 0.1) is 10.1 Å².